The van der Waals surface area contributed by atoms with Crippen molar-refractivity contribution in [2.45, 2.75) is 56.1 Å². The molecule has 7 rings (SSSR count). The van der Waals surface area contributed by atoms with E-state index >= 15 is 4.39 Å². The number of aromatic amines is 1. The van der Waals surface area contributed by atoms with Crippen molar-refractivity contribution in [1.29, 1.82) is 0 Å². The Labute approximate surface area is 264 Å². The second-order valence-corrected chi connectivity index (χ2v) is 15.7. The fraction of sp³-hybridized carbons (Fsp3) is 0.545. The number of fused-ring (bicyclic) bond motifs is 5. The van der Waals surface area contributed by atoms with Gasteiger partial charge in [0.05, 0.1) is 25.9 Å². The Balaban J connectivity index is 1.22. The van der Waals surface area contributed by atoms with Crippen molar-refractivity contribution < 1.29 is 45.8 Å². The summed E-state index contributed by atoms with van der Waals surface area (Å²) in [6.07, 6.45) is -6.72. The zero-order valence-corrected chi connectivity index (χ0v) is 27.0. The average molecular weight is 701 g/mol. The minimum Gasteiger partial charge on any atom is -0.382 e. The molecule has 4 aromatic heterocycles. The van der Waals surface area contributed by atoms with Crippen molar-refractivity contribution in [3.05, 3.63) is 35.2 Å². The summed E-state index contributed by atoms with van der Waals surface area (Å²) in [7, 11) is -1.45. The van der Waals surface area contributed by atoms with Gasteiger partial charge in [0, 0.05) is 7.11 Å². The highest BCUT2D eigenvalue weighted by Crippen LogP contribution is 2.58. The molecule has 10 atom stereocenters. The van der Waals surface area contributed by atoms with Crippen LogP contribution in [0.5, 0.6) is 0 Å². The molecule has 0 radical (unpaired) electrons. The number of imidazole rings is 2. The highest BCUT2D eigenvalue weighted by Gasteiger charge is 2.54. The van der Waals surface area contributed by atoms with E-state index < -0.39 is 82.2 Å². The fourth-order valence-electron chi connectivity index (χ4n) is 5.73. The second kappa shape index (κ2) is 11.7. The van der Waals surface area contributed by atoms with Gasteiger partial charge in [-0.15, -0.1) is 0 Å². The lowest BCUT2D eigenvalue weighted by molar-refractivity contribution is -0.0577. The van der Waals surface area contributed by atoms with Crippen LogP contribution in [0.4, 0.5) is 10.2 Å². The van der Waals surface area contributed by atoms with Gasteiger partial charge in [0.1, 0.15) is 48.2 Å². The molecule has 0 aliphatic carbocycles. The lowest BCUT2D eigenvalue weighted by Crippen LogP contribution is -2.37. The number of nitrogens with zero attached hydrogens (tertiary/aromatic N) is 7. The van der Waals surface area contributed by atoms with E-state index in [1.807, 2.05) is 0 Å². The molecule has 7 heterocycles. The Hall–Kier alpha value is -2.78. The highest BCUT2D eigenvalue weighted by molar-refractivity contribution is 8.44. The van der Waals surface area contributed by atoms with Crippen molar-refractivity contribution in [2.75, 3.05) is 26.1 Å². The molecule has 0 saturated carbocycles. The fourth-order valence-corrected chi connectivity index (χ4v) is 8.36. The number of nitrogen functional groups attached to an aromatic ring is 1. The molecule has 4 aromatic rings. The highest BCUT2D eigenvalue weighted by atomic mass is 32.7. The van der Waals surface area contributed by atoms with E-state index in [1.165, 1.54) is 42.8 Å². The van der Waals surface area contributed by atoms with Crippen LogP contribution >= 0.6 is 26.5 Å². The van der Waals surface area contributed by atoms with Gasteiger partial charge in [-0.25, -0.2) is 33.9 Å². The monoisotopic (exact) mass is 701 g/mol. The maximum atomic E-state index is 16.1. The van der Waals surface area contributed by atoms with Crippen LogP contribution in [-0.4, -0.2) is 104 Å². The van der Waals surface area contributed by atoms with Crippen LogP contribution in [0.3, 0.4) is 0 Å². The molecule has 46 heavy (non-hydrogen) atoms. The number of nitrogens with two attached hydrogens (primary N) is 1. The van der Waals surface area contributed by atoms with Crippen molar-refractivity contribution in [3.8, 4) is 0 Å². The van der Waals surface area contributed by atoms with Crippen molar-refractivity contribution in [2.24, 2.45) is 0 Å². The van der Waals surface area contributed by atoms with E-state index in [4.69, 9.17) is 38.0 Å². The lowest BCUT2D eigenvalue weighted by atomic mass is 10.1. The first-order valence-electron chi connectivity index (χ1n) is 13.8. The van der Waals surface area contributed by atoms with Gasteiger partial charge >= 0.3 is 6.80 Å². The molecule has 3 fully saturated rings. The van der Waals surface area contributed by atoms with Crippen LogP contribution in [0.1, 0.15) is 18.3 Å². The van der Waals surface area contributed by atoms with Gasteiger partial charge in [-0.1, -0.05) is 12.2 Å². The van der Waals surface area contributed by atoms with E-state index in [-0.39, 0.29) is 28.1 Å². The number of alkyl halides is 1. The first-order valence-corrected chi connectivity index (χ1v) is 18.4. The number of halogens is 1. The molecule has 0 aromatic carbocycles. The largest absolute Gasteiger partial charge is 0.386 e. The van der Waals surface area contributed by atoms with Crippen LogP contribution < -0.4 is 11.3 Å². The number of aryl methyl sites for hydroxylation is 1. The van der Waals surface area contributed by atoms with E-state index in [1.54, 1.807) is 6.92 Å². The van der Waals surface area contributed by atoms with Gasteiger partial charge in [0.25, 0.3) is 20.6 Å². The minimum absolute atomic E-state index is 0.0276. The Morgan fingerprint density at radius 2 is 1.72 bits per heavy atom. The van der Waals surface area contributed by atoms with Crippen LogP contribution in [0.15, 0.2) is 23.8 Å². The molecule has 3 N–H and O–H groups in total. The Morgan fingerprint density at radius 3 is 2.48 bits per heavy atom. The summed E-state index contributed by atoms with van der Waals surface area (Å²) in [5, 5.41) is 0. The third-order valence-electron chi connectivity index (χ3n) is 7.75. The van der Waals surface area contributed by atoms with Crippen molar-refractivity contribution in [3.63, 3.8) is 0 Å². The number of nitrogens with one attached hydrogen (secondary N) is 1. The van der Waals surface area contributed by atoms with Gasteiger partial charge in [0.15, 0.2) is 41.3 Å². The lowest BCUT2D eigenvalue weighted by Gasteiger charge is -2.28. The smallest absolute Gasteiger partial charge is 0.382 e. The summed E-state index contributed by atoms with van der Waals surface area (Å²) in [4.78, 5) is 35.7. The van der Waals surface area contributed by atoms with Crippen molar-refractivity contribution in [1.82, 2.24) is 39.0 Å². The molecule has 0 spiro atoms. The Bertz CT molecular complexity index is 1970. The number of hydrogen-bond acceptors (Lipinski definition) is 16. The summed E-state index contributed by atoms with van der Waals surface area (Å²) >= 11 is 4.09. The summed E-state index contributed by atoms with van der Waals surface area (Å²) < 4.78 is 86.9. The maximum Gasteiger partial charge on any atom is 0.386 e. The SMILES string of the molecule is B[P@]1(=O)OCC2OC(n3cnc4c(N)ncnc43)C(F)C2O[P@@](=O)(S)OCC2OC(n3cnc4c(=O)[nH]c(C)nc43)C(O1)C2OC. The number of anilines is 1. The average Bonchev–Trinajstić information content (AvgIpc) is 3.75. The molecule has 0 amide bonds. The molecule has 24 heteroatoms. The summed E-state index contributed by atoms with van der Waals surface area (Å²) in [6, 6.07) is 0. The minimum atomic E-state index is -4.33. The maximum absolute atomic E-state index is 16.1. The van der Waals surface area contributed by atoms with Crippen LogP contribution in [0.2, 0.25) is 0 Å². The van der Waals surface area contributed by atoms with E-state index in [0.29, 0.717) is 5.82 Å². The first kappa shape index (κ1) is 31.8. The number of ether oxygens (including phenoxy) is 3. The molecular weight excluding hydrogens is 674 g/mol. The second-order valence-electron chi connectivity index (χ2n) is 10.8. The van der Waals surface area contributed by atoms with Gasteiger partial charge in [-0.2, -0.15) is 0 Å². The molecule has 3 aliphatic rings. The number of thiol groups is 1. The summed E-state index contributed by atoms with van der Waals surface area (Å²) in [6.45, 7) is -3.70. The first-order chi connectivity index (χ1) is 21.9. The Kier molecular flexibility index (Phi) is 8.11. The van der Waals surface area contributed by atoms with Crippen LogP contribution in [0.25, 0.3) is 22.3 Å². The number of aromatic nitrogens is 8. The van der Waals surface area contributed by atoms with Crippen LogP contribution in [-0.2, 0) is 41.4 Å². The van der Waals surface area contributed by atoms with E-state index in [0.717, 1.165) is 0 Å². The normalized spacial score (nSPS) is 37.1. The van der Waals surface area contributed by atoms with Crippen molar-refractivity contribution >= 4 is 62.2 Å². The number of hydrogen-bond donors (Lipinski definition) is 3. The molecule has 3 saturated heterocycles. The van der Waals surface area contributed by atoms with Crippen LogP contribution in [0, 0.1) is 6.92 Å². The number of methoxy groups -OCH3 is 1. The zero-order valence-electron chi connectivity index (χ0n) is 24.3. The number of H-pyrrole nitrogens is 1. The third-order valence-corrected chi connectivity index (χ3v) is 10.6. The predicted molar refractivity (Wildman–Crippen MR) is 161 cm³/mol. The molecule has 2 bridgehead atoms. The molecule has 8 unspecified atom stereocenters. The number of rotatable bonds is 3. The van der Waals surface area contributed by atoms with Gasteiger partial charge < -0.3 is 34.0 Å². The summed E-state index contributed by atoms with van der Waals surface area (Å²) in [5.74, 6) is 0.385. The standard InChI is InChI=1S/C22H27BFN9O10P2S/c1-8-30-19-13(20(34)31-8)29-7-33(19)22-16-15(37-2)10(41-22)4-39-45(36,46)43-14-9(3-38-44(23,35)42-16)40-21(11(14)24)32-6-28-12-17(25)26-5-27-18(12)32/h5-7,9-11,14-16,21-22H,3-4,23H2,1-2H3,(H,36,46)(H2,25,26,27)(H,30,31,34)/t9?,10?,11?,14?,15?,16?,21?,22?,44-,45-/m0/s1. The molecule has 19 nitrogen and oxygen atoms in total. The predicted octanol–water partition coefficient (Wildman–Crippen LogP) is 0.594. The zero-order chi connectivity index (χ0) is 32.5. The summed E-state index contributed by atoms with van der Waals surface area (Å²) in [5.41, 5.74) is 5.97. The quantitative estimate of drug-likeness (QED) is 0.151. The molecule has 3 aliphatic heterocycles. The third kappa shape index (κ3) is 5.59. The van der Waals surface area contributed by atoms with E-state index in [9.17, 15) is 13.9 Å². The van der Waals surface area contributed by atoms with E-state index in [2.05, 4.69) is 42.2 Å². The van der Waals surface area contributed by atoms with Gasteiger partial charge in [0.2, 0.25) is 0 Å². The molecule has 246 valence electrons. The van der Waals surface area contributed by atoms with Gasteiger partial charge in [-0.3, -0.25) is 27.5 Å². The Morgan fingerprint density at radius 1 is 1.02 bits per heavy atom. The van der Waals surface area contributed by atoms with Gasteiger partial charge in [-0.05, 0) is 6.92 Å². The topological polar surface area (TPSA) is 232 Å². The molecular formula is C22H27BFN9O10P2S.